The number of nitrogens with two attached hydrogens (primary N) is 2. The lowest BCUT2D eigenvalue weighted by Crippen LogP contribution is -2.48. The summed E-state index contributed by atoms with van der Waals surface area (Å²) in [5, 5.41) is 0. The van der Waals surface area contributed by atoms with Crippen LogP contribution in [0.3, 0.4) is 0 Å². The highest BCUT2D eigenvalue weighted by atomic mass is 14.9. The Morgan fingerprint density at radius 3 is 2.31 bits per heavy atom. The monoisotopic (exact) mass is 178 g/mol. The molecule has 72 valence electrons. The van der Waals surface area contributed by atoms with Crippen LogP contribution in [0.1, 0.15) is 25.3 Å². The second-order valence-electron chi connectivity index (χ2n) is 3.57. The molecule has 0 saturated heterocycles. The van der Waals surface area contributed by atoms with Gasteiger partial charge < -0.3 is 11.5 Å². The minimum Gasteiger partial charge on any atom is -0.313 e. The molecule has 0 atom stereocenters. The zero-order valence-corrected chi connectivity index (χ0v) is 8.16. The van der Waals surface area contributed by atoms with Gasteiger partial charge in [-0.05, 0) is 24.8 Å². The Morgan fingerprint density at radius 1 is 1.15 bits per heavy atom. The van der Waals surface area contributed by atoms with Crippen LogP contribution in [-0.4, -0.2) is 5.66 Å². The normalized spacial score (nSPS) is 11.6. The Hall–Kier alpha value is -0.860. The lowest BCUT2D eigenvalue weighted by molar-refractivity contribution is 0.395. The van der Waals surface area contributed by atoms with E-state index < -0.39 is 5.66 Å². The summed E-state index contributed by atoms with van der Waals surface area (Å²) >= 11 is 0. The van der Waals surface area contributed by atoms with Crippen molar-refractivity contribution in [3.63, 3.8) is 0 Å². The summed E-state index contributed by atoms with van der Waals surface area (Å²) in [6.45, 7) is 2.02. The van der Waals surface area contributed by atoms with Crippen molar-refractivity contribution in [3.8, 4) is 0 Å². The molecule has 1 rings (SSSR count). The lowest BCUT2D eigenvalue weighted by Gasteiger charge is -2.22. The van der Waals surface area contributed by atoms with Gasteiger partial charge >= 0.3 is 0 Å². The molecule has 2 heteroatoms. The van der Waals surface area contributed by atoms with Gasteiger partial charge in [0.2, 0.25) is 0 Å². The molecule has 1 aromatic carbocycles. The molecule has 4 N–H and O–H groups in total. The van der Waals surface area contributed by atoms with E-state index in [0.29, 0.717) is 0 Å². The summed E-state index contributed by atoms with van der Waals surface area (Å²) in [5.74, 6) is 0. The van der Waals surface area contributed by atoms with E-state index in [9.17, 15) is 0 Å². The number of hydrogen-bond donors (Lipinski definition) is 2. The Labute approximate surface area is 79.9 Å². The fourth-order valence-electron chi connectivity index (χ4n) is 1.20. The average Bonchev–Trinajstić information content (AvgIpc) is 2.17. The van der Waals surface area contributed by atoms with Crippen molar-refractivity contribution in [2.75, 3.05) is 0 Å². The first-order valence-corrected chi connectivity index (χ1v) is 4.76. The van der Waals surface area contributed by atoms with Crippen LogP contribution in [0.25, 0.3) is 0 Å². The molecule has 0 aliphatic carbocycles. The smallest absolute Gasteiger partial charge is 0.0637 e. The van der Waals surface area contributed by atoms with E-state index in [0.717, 1.165) is 19.3 Å². The van der Waals surface area contributed by atoms with Crippen LogP contribution in [0, 0.1) is 0 Å². The second-order valence-corrected chi connectivity index (χ2v) is 3.57. The van der Waals surface area contributed by atoms with Crippen LogP contribution in [0.4, 0.5) is 0 Å². The molecule has 0 saturated carbocycles. The second kappa shape index (κ2) is 4.40. The van der Waals surface area contributed by atoms with Gasteiger partial charge in [-0.2, -0.15) is 0 Å². The summed E-state index contributed by atoms with van der Waals surface area (Å²) in [5.41, 5.74) is 12.5. The van der Waals surface area contributed by atoms with Crippen LogP contribution < -0.4 is 11.5 Å². The summed E-state index contributed by atoms with van der Waals surface area (Å²) < 4.78 is 0. The van der Waals surface area contributed by atoms with Crippen LogP contribution >= 0.6 is 0 Å². The van der Waals surface area contributed by atoms with Gasteiger partial charge in [0.05, 0.1) is 5.66 Å². The average molecular weight is 178 g/mol. The Morgan fingerprint density at radius 2 is 1.77 bits per heavy atom. The fraction of sp³-hybridized carbons (Fsp3) is 0.455. The third kappa shape index (κ3) is 3.57. The molecule has 0 amide bonds. The van der Waals surface area contributed by atoms with Crippen LogP contribution in [0.2, 0.25) is 0 Å². The molecule has 0 spiro atoms. The van der Waals surface area contributed by atoms with E-state index in [1.165, 1.54) is 5.56 Å². The molecule has 0 aliphatic heterocycles. The largest absolute Gasteiger partial charge is 0.313 e. The molecule has 0 fully saturated rings. The highest BCUT2D eigenvalue weighted by Crippen LogP contribution is 2.09. The third-order valence-corrected chi connectivity index (χ3v) is 2.38. The first-order chi connectivity index (χ1) is 6.14. The Bertz CT molecular complexity index is 242. The first-order valence-electron chi connectivity index (χ1n) is 4.76. The number of rotatable bonds is 4. The third-order valence-electron chi connectivity index (χ3n) is 2.38. The number of benzene rings is 1. The molecule has 0 radical (unpaired) electrons. The van der Waals surface area contributed by atoms with E-state index in [1.807, 2.05) is 25.1 Å². The van der Waals surface area contributed by atoms with Crippen LogP contribution in [0.15, 0.2) is 30.3 Å². The van der Waals surface area contributed by atoms with Gasteiger partial charge in [0.15, 0.2) is 0 Å². The zero-order valence-electron chi connectivity index (χ0n) is 8.16. The quantitative estimate of drug-likeness (QED) is 0.689. The molecule has 1 aromatic rings. The zero-order chi connectivity index (χ0) is 9.73. The van der Waals surface area contributed by atoms with Crippen molar-refractivity contribution in [3.05, 3.63) is 35.9 Å². The molecular formula is C11H18N2. The molecule has 0 aromatic heterocycles. The van der Waals surface area contributed by atoms with Crippen molar-refractivity contribution < 1.29 is 0 Å². The predicted molar refractivity (Wildman–Crippen MR) is 56.2 cm³/mol. The summed E-state index contributed by atoms with van der Waals surface area (Å²) in [6.07, 6.45) is 2.62. The molecule has 0 bridgehead atoms. The maximum atomic E-state index is 5.84. The predicted octanol–water partition coefficient (Wildman–Crippen LogP) is 1.64. The van der Waals surface area contributed by atoms with Crippen LogP contribution in [-0.2, 0) is 6.42 Å². The van der Waals surface area contributed by atoms with Crippen molar-refractivity contribution in [2.45, 2.75) is 31.8 Å². The van der Waals surface area contributed by atoms with E-state index in [-0.39, 0.29) is 0 Å². The minimum absolute atomic E-state index is 0.504. The van der Waals surface area contributed by atoms with Gasteiger partial charge in [0, 0.05) is 0 Å². The maximum absolute atomic E-state index is 5.84. The summed E-state index contributed by atoms with van der Waals surface area (Å²) in [6, 6.07) is 10.3. The topological polar surface area (TPSA) is 52.0 Å². The molecule has 0 heterocycles. The van der Waals surface area contributed by atoms with E-state index in [4.69, 9.17) is 11.5 Å². The Kier molecular flexibility index (Phi) is 3.46. The fourth-order valence-corrected chi connectivity index (χ4v) is 1.20. The van der Waals surface area contributed by atoms with Gasteiger partial charge in [-0.1, -0.05) is 37.3 Å². The molecule has 0 unspecified atom stereocenters. The summed E-state index contributed by atoms with van der Waals surface area (Å²) in [7, 11) is 0. The lowest BCUT2D eigenvalue weighted by atomic mass is 9.99. The molecule has 2 nitrogen and oxygen atoms in total. The van der Waals surface area contributed by atoms with Crippen molar-refractivity contribution in [2.24, 2.45) is 11.5 Å². The SMILES string of the molecule is CCC(N)(N)CCc1ccccc1. The molecular weight excluding hydrogens is 160 g/mol. The Balaban J connectivity index is 2.44. The van der Waals surface area contributed by atoms with Crippen LogP contribution in [0.5, 0.6) is 0 Å². The van der Waals surface area contributed by atoms with Gasteiger partial charge in [0.1, 0.15) is 0 Å². The van der Waals surface area contributed by atoms with Gasteiger partial charge in [0.25, 0.3) is 0 Å². The van der Waals surface area contributed by atoms with E-state index >= 15 is 0 Å². The highest BCUT2D eigenvalue weighted by Gasteiger charge is 2.15. The first kappa shape index (κ1) is 10.2. The van der Waals surface area contributed by atoms with Crippen molar-refractivity contribution >= 4 is 0 Å². The van der Waals surface area contributed by atoms with Gasteiger partial charge in [-0.3, -0.25) is 0 Å². The standard InChI is InChI=1S/C11H18N2/c1-2-11(12,13)9-8-10-6-4-3-5-7-10/h3-7H,2,8-9,12-13H2,1H3. The number of aryl methyl sites for hydroxylation is 1. The molecule has 13 heavy (non-hydrogen) atoms. The van der Waals surface area contributed by atoms with Gasteiger partial charge in [-0.15, -0.1) is 0 Å². The molecule has 0 aliphatic rings. The minimum atomic E-state index is -0.504. The van der Waals surface area contributed by atoms with Crippen molar-refractivity contribution in [1.29, 1.82) is 0 Å². The maximum Gasteiger partial charge on any atom is 0.0637 e. The highest BCUT2D eigenvalue weighted by molar-refractivity contribution is 5.15. The van der Waals surface area contributed by atoms with Crippen molar-refractivity contribution in [1.82, 2.24) is 0 Å². The van der Waals surface area contributed by atoms with Gasteiger partial charge in [-0.25, -0.2) is 0 Å². The van der Waals surface area contributed by atoms with E-state index in [2.05, 4.69) is 12.1 Å². The summed E-state index contributed by atoms with van der Waals surface area (Å²) in [4.78, 5) is 0. The number of hydrogen-bond acceptors (Lipinski definition) is 2. The van der Waals surface area contributed by atoms with E-state index in [1.54, 1.807) is 0 Å².